The number of rotatable bonds is 4. The second kappa shape index (κ2) is 5.29. The van der Waals surface area contributed by atoms with Crippen molar-refractivity contribution in [3.8, 4) is 11.5 Å². The number of quaternary nitrogens is 1. The highest BCUT2D eigenvalue weighted by molar-refractivity contribution is 5.83. The van der Waals surface area contributed by atoms with Crippen LogP contribution >= 0.6 is 0 Å². The molecule has 0 saturated carbocycles. The first-order valence-electron chi connectivity index (χ1n) is 5.92. The molecule has 1 aromatic heterocycles. The molecule has 0 aliphatic carbocycles. The van der Waals surface area contributed by atoms with Crippen molar-refractivity contribution in [1.29, 1.82) is 0 Å². The van der Waals surface area contributed by atoms with Crippen LogP contribution < -0.4 is 10.5 Å². The molecule has 102 valence electrons. The van der Waals surface area contributed by atoms with Crippen molar-refractivity contribution in [2.75, 3.05) is 20.2 Å². The van der Waals surface area contributed by atoms with Crippen molar-refractivity contribution in [3.63, 3.8) is 0 Å². The molecular formula is C13H16NO5+. The lowest BCUT2D eigenvalue weighted by Gasteiger charge is -2.13. The van der Waals surface area contributed by atoms with Gasteiger partial charge in [0.15, 0.2) is 11.5 Å². The number of hydrogen-bond acceptors (Lipinski definition) is 5. The van der Waals surface area contributed by atoms with E-state index in [1.54, 1.807) is 0 Å². The molecule has 19 heavy (non-hydrogen) atoms. The van der Waals surface area contributed by atoms with Gasteiger partial charge in [-0.1, -0.05) is 0 Å². The number of aromatic hydroxyl groups is 2. The lowest BCUT2D eigenvalue weighted by atomic mass is 10.1. The van der Waals surface area contributed by atoms with Gasteiger partial charge in [-0.3, -0.25) is 0 Å². The first-order valence-corrected chi connectivity index (χ1v) is 5.92. The molecule has 1 unspecified atom stereocenters. The van der Waals surface area contributed by atoms with E-state index in [4.69, 9.17) is 9.52 Å². The Hall–Kier alpha value is -2.05. The summed E-state index contributed by atoms with van der Waals surface area (Å²) >= 11 is 0. The van der Waals surface area contributed by atoms with Crippen LogP contribution in [0.15, 0.2) is 27.4 Å². The molecule has 0 amide bonds. The molecule has 2 aromatic rings. The van der Waals surface area contributed by atoms with Gasteiger partial charge in [0.25, 0.3) is 0 Å². The largest absolute Gasteiger partial charge is 0.504 e. The number of likely N-dealkylation sites (N-methyl/N-ethyl adjacent to an activating group) is 1. The van der Waals surface area contributed by atoms with Gasteiger partial charge in [0.2, 0.25) is 0 Å². The summed E-state index contributed by atoms with van der Waals surface area (Å²) in [5, 5.41) is 28.4. The molecule has 1 atom stereocenters. The number of phenols is 2. The Morgan fingerprint density at radius 2 is 1.89 bits per heavy atom. The first-order chi connectivity index (χ1) is 9.01. The third-order valence-corrected chi connectivity index (χ3v) is 2.96. The third kappa shape index (κ3) is 2.86. The highest BCUT2D eigenvalue weighted by Crippen LogP contribution is 2.30. The molecule has 6 nitrogen and oxygen atoms in total. The minimum absolute atomic E-state index is 0.0528. The summed E-state index contributed by atoms with van der Waals surface area (Å²) in [6.45, 7) is 1.11. The van der Waals surface area contributed by atoms with Crippen LogP contribution in [0.2, 0.25) is 0 Å². The van der Waals surface area contributed by atoms with Crippen LogP contribution in [0.1, 0.15) is 5.56 Å². The number of hydrogen-bond donors (Lipinski definition) is 4. The van der Waals surface area contributed by atoms with Gasteiger partial charge in [0, 0.05) is 23.1 Å². The molecule has 0 bridgehead atoms. The smallest absolute Gasteiger partial charge is 0.336 e. The average Bonchev–Trinajstić information content (AvgIpc) is 2.32. The predicted molar refractivity (Wildman–Crippen MR) is 68.4 cm³/mol. The Balaban J connectivity index is 2.53. The van der Waals surface area contributed by atoms with Crippen molar-refractivity contribution in [3.05, 3.63) is 34.2 Å². The normalized spacial score (nSPS) is 12.7. The fraction of sp³-hybridized carbons (Fsp3) is 0.308. The van der Waals surface area contributed by atoms with E-state index < -0.39 is 5.63 Å². The zero-order chi connectivity index (χ0) is 14.0. The van der Waals surface area contributed by atoms with Crippen LogP contribution in [0.25, 0.3) is 11.0 Å². The van der Waals surface area contributed by atoms with E-state index in [1.165, 1.54) is 18.2 Å². The van der Waals surface area contributed by atoms with E-state index in [1.807, 2.05) is 7.05 Å². The van der Waals surface area contributed by atoms with Crippen molar-refractivity contribution in [2.24, 2.45) is 0 Å². The number of phenolic OH excluding ortho intramolecular Hbond substituents is 2. The van der Waals surface area contributed by atoms with E-state index in [-0.39, 0.29) is 23.7 Å². The highest BCUT2D eigenvalue weighted by atomic mass is 16.4. The SMILES string of the molecule is C[NH+](CCO)Cc1cc(=O)oc2cc(O)c(O)cc12. The predicted octanol–water partition coefficient (Wildman–Crippen LogP) is -0.789. The average molecular weight is 266 g/mol. The second-order valence-corrected chi connectivity index (χ2v) is 4.54. The summed E-state index contributed by atoms with van der Waals surface area (Å²) in [5.41, 5.74) is 0.423. The fourth-order valence-electron chi connectivity index (χ4n) is 2.00. The molecule has 0 radical (unpaired) electrons. The maximum atomic E-state index is 11.5. The summed E-state index contributed by atoms with van der Waals surface area (Å²) in [6.07, 6.45) is 0. The number of aliphatic hydroxyl groups excluding tert-OH is 1. The Labute approximate surface area is 109 Å². The van der Waals surface area contributed by atoms with Crippen LogP contribution in [0.5, 0.6) is 11.5 Å². The van der Waals surface area contributed by atoms with Crippen LogP contribution in [0, 0.1) is 0 Å². The van der Waals surface area contributed by atoms with Gasteiger partial charge >= 0.3 is 5.63 Å². The van der Waals surface area contributed by atoms with Gasteiger partial charge in [-0.15, -0.1) is 0 Å². The maximum absolute atomic E-state index is 11.5. The molecule has 0 aliphatic rings. The molecule has 6 heteroatoms. The zero-order valence-corrected chi connectivity index (χ0v) is 10.5. The van der Waals surface area contributed by atoms with Crippen LogP contribution in [0.4, 0.5) is 0 Å². The fourth-order valence-corrected chi connectivity index (χ4v) is 2.00. The minimum Gasteiger partial charge on any atom is -0.504 e. The lowest BCUT2D eigenvalue weighted by Crippen LogP contribution is -3.08. The maximum Gasteiger partial charge on any atom is 0.336 e. The Bertz CT molecular complexity index is 649. The first kappa shape index (κ1) is 13.4. The monoisotopic (exact) mass is 266 g/mol. The van der Waals surface area contributed by atoms with Gasteiger partial charge in [0.05, 0.1) is 13.7 Å². The lowest BCUT2D eigenvalue weighted by molar-refractivity contribution is -0.893. The highest BCUT2D eigenvalue weighted by Gasteiger charge is 2.13. The van der Waals surface area contributed by atoms with Crippen LogP contribution in [-0.2, 0) is 6.54 Å². The van der Waals surface area contributed by atoms with Gasteiger partial charge in [-0.05, 0) is 6.07 Å². The number of benzene rings is 1. The van der Waals surface area contributed by atoms with E-state index in [9.17, 15) is 15.0 Å². The molecular weight excluding hydrogens is 250 g/mol. The third-order valence-electron chi connectivity index (χ3n) is 2.96. The molecule has 0 spiro atoms. The standard InChI is InChI=1S/C13H15NO5/c1-14(2-3-15)7-8-4-13(18)19-12-6-11(17)10(16)5-9(8)12/h4-6,15-17H,2-3,7H2,1H3/p+1. The van der Waals surface area contributed by atoms with Crippen molar-refractivity contribution in [2.45, 2.75) is 6.54 Å². The zero-order valence-electron chi connectivity index (χ0n) is 10.5. The van der Waals surface area contributed by atoms with Gasteiger partial charge < -0.3 is 24.6 Å². The van der Waals surface area contributed by atoms with E-state index >= 15 is 0 Å². The van der Waals surface area contributed by atoms with E-state index in [2.05, 4.69) is 0 Å². The molecule has 0 saturated heterocycles. The van der Waals surface area contributed by atoms with Crippen molar-refractivity contribution in [1.82, 2.24) is 0 Å². The molecule has 1 heterocycles. The Morgan fingerprint density at radius 3 is 2.58 bits per heavy atom. The second-order valence-electron chi connectivity index (χ2n) is 4.54. The number of nitrogens with one attached hydrogen (secondary N) is 1. The molecule has 4 N–H and O–H groups in total. The quantitative estimate of drug-likeness (QED) is 0.430. The minimum atomic E-state index is -0.510. The Morgan fingerprint density at radius 1 is 1.21 bits per heavy atom. The molecule has 0 fully saturated rings. The van der Waals surface area contributed by atoms with Gasteiger partial charge in [0.1, 0.15) is 18.7 Å². The van der Waals surface area contributed by atoms with Crippen molar-refractivity contribution < 1.29 is 24.6 Å². The summed E-state index contributed by atoms with van der Waals surface area (Å²) in [7, 11) is 1.89. The summed E-state index contributed by atoms with van der Waals surface area (Å²) in [6, 6.07) is 3.95. The molecule has 2 rings (SSSR count). The van der Waals surface area contributed by atoms with Crippen molar-refractivity contribution >= 4 is 11.0 Å². The number of fused-ring (bicyclic) bond motifs is 1. The Kier molecular flexibility index (Phi) is 3.73. The van der Waals surface area contributed by atoms with Gasteiger partial charge in [-0.25, -0.2) is 4.79 Å². The number of aliphatic hydroxyl groups is 1. The summed E-state index contributed by atoms with van der Waals surface area (Å²) in [5.74, 6) is -0.591. The molecule has 1 aromatic carbocycles. The van der Waals surface area contributed by atoms with E-state index in [0.29, 0.717) is 24.0 Å². The topological polar surface area (TPSA) is 95.3 Å². The van der Waals surface area contributed by atoms with E-state index in [0.717, 1.165) is 4.90 Å². The van der Waals surface area contributed by atoms with Gasteiger partial charge in [-0.2, -0.15) is 0 Å². The van der Waals surface area contributed by atoms with Crippen LogP contribution in [0.3, 0.4) is 0 Å². The summed E-state index contributed by atoms with van der Waals surface area (Å²) < 4.78 is 4.99. The van der Waals surface area contributed by atoms with Crippen LogP contribution in [-0.4, -0.2) is 35.5 Å². The molecule has 0 aliphatic heterocycles. The summed E-state index contributed by atoms with van der Waals surface area (Å²) in [4.78, 5) is 12.5.